The molecular weight excluding hydrogens is 532 g/mol. The average molecular weight is 545 g/mol. The number of fused-ring (bicyclic) bond motifs is 1. The van der Waals surface area contributed by atoms with Crippen LogP contribution in [0.3, 0.4) is 0 Å². The van der Waals surface area contributed by atoms with E-state index >= 15 is 0 Å². The fourth-order valence-corrected chi connectivity index (χ4v) is 4.94. The minimum atomic E-state index is -0.514. The fourth-order valence-electron chi connectivity index (χ4n) is 2.78. The number of methoxy groups -OCH3 is 1. The van der Waals surface area contributed by atoms with Crippen molar-refractivity contribution in [1.82, 2.24) is 4.98 Å². The maximum atomic E-state index is 13.3. The molecule has 0 radical (unpaired) electrons. The van der Waals surface area contributed by atoms with Crippen LogP contribution in [0.1, 0.15) is 25.6 Å². The number of nitrogens with zero attached hydrogens (tertiary/aromatic N) is 4. The number of halogens is 1. The second kappa shape index (κ2) is 9.57. The van der Waals surface area contributed by atoms with E-state index in [2.05, 4.69) is 30.8 Å². The molecule has 0 saturated heterocycles. The van der Waals surface area contributed by atoms with Gasteiger partial charge in [0.2, 0.25) is 5.13 Å². The van der Waals surface area contributed by atoms with Crippen molar-refractivity contribution in [3.05, 3.63) is 85.2 Å². The summed E-state index contributed by atoms with van der Waals surface area (Å²) in [6.07, 6.45) is 1.38. The van der Waals surface area contributed by atoms with Crippen LogP contribution in [-0.2, 0) is 4.74 Å². The minimum Gasteiger partial charge on any atom is -0.465 e. The highest BCUT2D eigenvalue weighted by atomic mass is 79.9. The Morgan fingerprint density at radius 2 is 1.85 bits per heavy atom. The molecule has 0 fully saturated rings. The number of amides is 1. The molecule has 4 rings (SSSR count). The highest BCUT2D eigenvalue weighted by Crippen LogP contribution is 2.32. The lowest BCUT2D eigenvalue weighted by Crippen LogP contribution is -2.25. The second-order valence-electron chi connectivity index (χ2n) is 6.47. The van der Waals surface area contributed by atoms with Crippen molar-refractivity contribution < 1.29 is 19.2 Å². The Kier molecular flexibility index (Phi) is 6.58. The highest BCUT2D eigenvalue weighted by molar-refractivity contribution is 9.10. The number of esters is 1. The van der Waals surface area contributed by atoms with Crippen molar-refractivity contribution in [1.29, 1.82) is 0 Å². The SMILES string of the molecule is COC(=O)c1ccc(C(=O)N(/N=C/c2ccc([N+](=O)[O-])s2)c2nc3ccc(Br)cc3s2)cc1. The van der Waals surface area contributed by atoms with Crippen molar-refractivity contribution in [3.63, 3.8) is 0 Å². The monoisotopic (exact) mass is 544 g/mol. The standard InChI is InChI=1S/C21H13BrN4O5S2/c1-31-20(28)13-4-2-12(3-5-13)19(27)25(23-11-15-7-9-18(32-15)26(29)30)21-24-16-8-6-14(22)10-17(16)33-21/h2-11H,1H3/b23-11+. The van der Waals surface area contributed by atoms with Crippen LogP contribution >= 0.6 is 38.6 Å². The van der Waals surface area contributed by atoms with Gasteiger partial charge in [-0.25, -0.2) is 9.78 Å². The molecule has 2 aromatic carbocycles. The molecule has 0 bridgehead atoms. The number of hydrogen-bond acceptors (Lipinski definition) is 9. The molecule has 4 aromatic rings. The summed E-state index contributed by atoms with van der Waals surface area (Å²) in [5.74, 6) is -0.994. The topological polar surface area (TPSA) is 115 Å². The van der Waals surface area contributed by atoms with Gasteiger partial charge in [0.05, 0.1) is 38.9 Å². The molecule has 2 heterocycles. The molecule has 0 aliphatic carbocycles. The van der Waals surface area contributed by atoms with Crippen molar-refractivity contribution in [2.24, 2.45) is 5.10 Å². The van der Waals surface area contributed by atoms with Gasteiger partial charge >= 0.3 is 11.0 Å². The summed E-state index contributed by atoms with van der Waals surface area (Å²) >= 11 is 5.63. The normalized spacial score (nSPS) is 11.1. The van der Waals surface area contributed by atoms with Gasteiger partial charge in [-0.05, 0) is 48.5 Å². The third-order valence-corrected chi connectivity index (χ3v) is 6.82. The number of nitro groups is 1. The number of ether oxygens (including phenoxy) is 1. The van der Waals surface area contributed by atoms with E-state index in [1.54, 1.807) is 6.07 Å². The van der Waals surface area contributed by atoms with Crippen LogP contribution in [0.25, 0.3) is 10.2 Å². The Labute approximate surface area is 203 Å². The van der Waals surface area contributed by atoms with Crippen LogP contribution in [0.2, 0.25) is 0 Å². The first-order valence-corrected chi connectivity index (χ1v) is 11.7. The maximum Gasteiger partial charge on any atom is 0.337 e. The van der Waals surface area contributed by atoms with Crippen LogP contribution in [0, 0.1) is 10.1 Å². The molecule has 0 atom stereocenters. The van der Waals surface area contributed by atoms with E-state index in [1.807, 2.05) is 18.2 Å². The van der Waals surface area contributed by atoms with Gasteiger partial charge in [0.1, 0.15) is 0 Å². The molecule has 1 amide bonds. The number of thiophene rings is 1. The third-order valence-electron chi connectivity index (χ3n) is 4.36. The van der Waals surface area contributed by atoms with Crippen molar-refractivity contribution in [2.75, 3.05) is 12.1 Å². The summed E-state index contributed by atoms with van der Waals surface area (Å²) < 4.78 is 6.40. The Morgan fingerprint density at radius 3 is 2.52 bits per heavy atom. The first-order valence-electron chi connectivity index (χ1n) is 9.23. The summed E-state index contributed by atoms with van der Waals surface area (Å²) in [6.45, 7) is 0. The zero-order chi connectivity index (χ0) is 23.5. The van der Waals surface area contributed by atoms with Gasteiger partial charge in [-0.3, -0.25) is 14.9 Å². The predicted octanol–water partition coefficient (Wildman–Crippen LogP) is 5.50. The number of hydrazone groups is 1. The average Bonchev–Trinajstić information content (AvgIpc) is 3.45. The van der Waals surface area contributed by atoms with Crippen LogP contribution in [0.5, 0.6) is 0 Å². The molecule has 0 saturated carbocycles. The number of anilines is 1. The highest BCUT2D eigenvalue weighted by Gasteiger charge is 2.22. The summed E-state index contributed by atoms with van der Waals surface area (Å²) in [5, 5.41) is 16.7. The van der Waals surface area contributed by atoms with E-state index in [4.69, 9.17) is 0 Å². The van der Waals surface area contributed by atoms with Gasteiger partial charge in [0.15, 0.2) is 0 Å². The number of hydrogen-bond donors (Lipinski definition) is 0. The third kappa shape index (κ3) is 4.97. The number of benzene rings is 2. The first kappa shape index (κ1) is 22.7. The minimum absolute atomic E-state index is 0.0300. The molecule has 9 nitrogen and oxygen atoms in total. The van der Waals surface area contributed by atoms with Crippen LogP contribution in [0.4, 0.5) is 10.1 Å². The molecule has 33 heavy (non-hydrogen) atoms. The van der Waals surface area contributed by atoms with E-state index in [-0.39, 0.29) is 10.6 Å². The summed E-state index contributed by atoms with van der Waals surface area (Å²) in [6, 6.07) is 14.4. The summed E-state index contributed by atoms with van der Waals surface area (Å²) in [5.41, 5.74) is 1.27. The van der Waals surface area contributed by atoms with E-state index in [0.717, 1.165) is 25.5 Å². The van der Waals surface area contributed by atoms with Gasteiger partial charge in [-0.2, -0.15) is 10.1 Å². The van der Waals surface area contributed by atoms with E-state index in [0.29, 0.717) is 21.1 Å². The predicted molar refractivity (Wildman–Crippen MR) is 130 cm³/mol. The van der Waals surface area contributed by atoms with Gasteiger partial charge in [-0.15, -0.1) is 0 Å². The Hall–Kier alpha value is -3.48. The Morgan fingerprint density at radius 1 is 1.12 bits per heavy atom. The van der Waals surface area contributed by atoms with Crippen molar-refractivity contribution in [3.8, 4) is 0 Å². The van der Waals surface area contributed by atoms with E-state index in [9.17, 15) is 19.7 Å². The Balaban J connectivity index is 1.72. The number of carbonyl (C=O) groups is 2. The van der Waals surface area contributed by atoms with Crippen molar-refractivity contribution >= 4 is 77.0 Å². The van der Waals surface area contributed by atoms with Crippen molar-refractivity contribution in [2.45, 2.75) is 0 Å². The number of aromatic nitrogens is 1. The smallest absolute Gasteiger partial charge is 0.337 e. The largest absolute Gasteiger partial charge is 0.465 e. The molecule has 0 unspecified atom stereocenters. The van der Waals surface area contributed by atoms with Crippen LogP contribution in [0.15, 0.2) is 64.2 Å². The molecular formula is C21H13BrN4O5S2. The summed E-state index contributed by atoms with van der Waals surface area (Å²) in [4.78, 5) is 40.5. The number of thiazole rings is 1. The quantitative estimate of drug-likeness (QED) is 0.137. The lowest BCUT2D eigenvalue weighted by atomic mass is 10.1. The van der Waals surface area contributed by atoms with E-state index in [1.165, 1.54) is 55.0 Å². The van der Waals surface area contributed by atoms with Gasteiger partial charge in [-0.1, -0.05) is 38.6 Å². The molecule has 2 aromatic heterocycles. The van der Waals surface area contributed by atoms with Gasteiger partial charge in [0, 0.05) is 16.1 Å². The molecule has 0 spiro atoms. The first-order chi connectivity index (χ1) is 15.9. The molecule has 12 heteroatoms. The van der Waals surface area contributed by atoms with E-state index < -0.39 is 16.8 Å². The Bertz CT molecular complexity index is 1400. The lowest BCUT2D eigenvalue weighted by Gasteiger charge is -2.13. The zero-order valence-electron chi connectivity index (χ0n) is 16.8. The van der Waals surface area contributed by atoms with Gasteiger partial charge in [0.25, 0.3) is 5.91 Å². The number of carbonyl (C=O) groups excluding carboxylic acids is 2. The second-order valence-corrected chi connectivity index (χ2v) is 9.49. The molecule has 166 valence electrons. The van der Waals surface area contributed by atoms with Crippen LogP contribution < -0.4 is 5.01 Å². The van der Waals surface area contributed by atoms with Gasteiger partial charge < -0.3 is 4.74 Å². The number of rotatable bonds is 6. The maximum absolute atomic E-state index is 13.3. The summed E-state index contributed by atoms with van der Waals surface area (Å²) in [7, 11) is 1.28. The molecule has 0 aliphatic heterocycles. The zero-order valence-corrected chi connectivity index (χ0v) is 20.0. The molecule has 0 N–H and O–H groups in total. The molecule has 0 aliphatic rings. The lowest BCUT2D eigenvalue weighted by molar-refractivity contribution is -0.380. The van der Waals surface area contributed by atoms with Crippen LogP contribution in [-0.4, -0.2) is 35.1 Å². The fraction of sp³-hybridized carbons (Fsp3) is 0.0476.